The van der Waals surface area contributed by atoms with Gasteiger partial charge in [-0.05, 0) is 0 Å². The summed E-state index contributed by atoms with van der Waals surface area (Å²) >= 11 is 0. The van der Waals surface area contributed by atoms with Crippen LogP contribution in [0.5, 0.6) is 0 Å². The largest absolute Gasteiger partial charge is 0.472 e. The first-order valence-corrected chi connectivity index (χ1v) is 14.9. The molecule has 22 nitrogen and oxygen atoms in total. The Bertz CT molecular complexity index is 1790. The Kier molecular flexibility index (Phi) is 9.49. The Morgan fingerprint density at radius 3 is 2.38 bits per heavy atom. The van der Waals surface area contributed by atoms with Gasteiger partial charge in [0.25, 0.3) is 5.56 Å². The number of fused-ring (bicyclic) bond motifs is 2. The molecular weight excluding hydrogens is 653 g/mol. The molecule has 0 aliphatic carbocycles. The number of aromatic amines is 1. The number of aliphatic hydroxyl groups is 3. The summed E-state index contributed by atoms with van der Waals surface area (Å²) < 4.78 is 60.1. The minimum absolute atomic E-state index is 0.0421. The highest BCUT2D eigenvalue weighted by atomic mass is 31.2. The van der Waals surface area contributed by atoms with Crippen LogP contribution in [0.2, 0.25) is 0 Å². The van der Waals surface area contributed by atoms with Crippen LogP contribution in [0.3, 0.4) is 0 Å². The summed E-state index contributed by atoms with van der Waals surface area (Å²) in [6.45, 7) is -1.54. The first-order chi connectivity index (χ1) is 21.4. The standard InChI is InChI=1S/C20H24FN10O10P.HO2P/c21-8-11(33)7(40-18(8)30-4-26-9-14(22)24-3-25-15(9)30)2-38-42(36,37)41-13-12(34)6(1-32)39-19(13)31-5-27-10-16(31)28-20(23)29-17(10)35;1-3-2/h3-8,11-13,18-19,32-34H,1-2H2,(H,36,37)(H2,22,24,25)(H3,23,28,29,35);(H,1,2)/t6-,7-,8+,11?,12?,13+,18-,19-;/m1./s1. The molecule has 2 aliphatic rings. The number of nitrogens with zero attached hydrogens (tertiary/aromatic N) is 7. The number of nitrogen functional groups attached to an aromatic ring is 2. The number of halogens is 1. The average Bonchev–Trinajstić information content (AvgIpc) is 3.74. The number of nitrogens with one attached hydrogen (secondary N) is 1. The van der Waals surface area contributed by atoms with E-state index in [9.17, 15) is 29.6 Å². The zero-order valence-corrected chi connectivity index (χ0v) is 24.2. The molecule has 25 heteroatoms. The molecule has 45 heavy (non-hydrogen) atoms. The van der Waals surface area contributed by atoms with Crippen molar-refractivity contribution in [1.82, 2.24) is 39.0 Å². The molecule has 2 fully saturated rings. The van der Waals surface area contributed by atoms with Gasteiger partial charge in [-0.3, -0.25) is 28.0 Å². The highest BCUT2D eigenvalue weighted by Crippen LogP contribution is 2.50. The molecule has 6 rings (SSSR count). The Labute approximate surface area is 250 Å². The SMILES string of the molecule is Nc1nc2c(ncn2[C@@H]2O[C@H](CO)C(O)[C@@H]2OP(=O)(O)OC[C@H]2O[C@@H](n3cnc4c(N)ncnc43)[C@@H](F)C2O)c(=O)[nH]1.O=PO. The minimum atomic E-state index is -5.10. The van der Waals surface area contributed by atoms with Crippen molar-refractivity contribution in [2.75, 3.05) is 24.7 Å². The van der Waals surface area contributed by atoms with E-state index in [4.69, 9.17) is 39.4 Å². The summed E-state index contributed by atoms with van der Waals surface area (Å²) in [7, 11) is -5.93. The Morgan fingerprint density at radius 2 is 1.69 bits per heavy atom. The topological polar surface area (TPSA) is 331 Å². The highest BCUT2D eigenvalue weighted by molar-refractivity contribution is 7.47. The third-order valence-electron chi connectivity index (χ3n) is 6.83. The molecule has 4 aromatic rings. The minimum Gasteiger partial charge on any atom is -0.394 e. The average molecular weight is 678 g/mol. The lowest BCUT2D eigenvalue weighted by molar-refractivity contribution is -0.0600. The molecule has 6 heterocycles. The number of H-pyrrole nitrogens is 1. The zero-order chi connectivity index (χ0) is 32.6. The van der Waals surface area contributed by atoms with Crippen molar-refractivity contribution >= 4 is 50.6 Å². The summed E-state index contributed by atoms with van der Waals surface area (Å²) in [5.41, 5.74) is 10.7. The van der Waals surface area contributed by atoms with E-state index < -0.39 is 84.4 Å². The van der Waals surface area contributed by atoms with Crippen LogP contribution >= 0.6 is 16.5 Å². The van der Waals surface area contributed by atoms with E-state index in [-0.39, 0.29) is 34.1 Å². The number of anilines is 2. The van der Waals surface area contributed by atoms with Crippen LogP contribution in [0.1, 0.15) is 12.5 Å². The quantitative estimate of drug-likeness (QED) is 0.0905. The van der Waals surface area contributed by atoms with Gasteiger partial charge in [0.05, 0.1) is 25.9 Å². The van der Waals surface area contributed by atoms with Crippen molar-refractivity contribution in [3.63, 3.8) is 0 Å². The van der Waals surface area contributed by atoms with Crippen molar-refractivity contribution in [2.45, 2.75) is 49.1 Å². The number of alkyl halides is 1. The smallest absolute Gasteiger partial charge is 0.394 e. The van der Waals surface area contributed by atoms with E-state index in [1.807, 2.05) is 0 Å². The molecule has 0 saturated carbocycles. The third kappa shape index (κ3) is 6.28. The van der Waals surface area contributed by atoms with E-state index in [2.05, 4.69) is 29.9 Å². The van der Waals surface area contributed by atoms with Crippen molar-refractivity contribution in [3.05, 3.63) is 29.3 Å². The maximum atomic E-state index is 15.1. The van der Waals surface area contributed by atoms with Crippen LogP contribution in [-0.4, -0.2) is 114 Å². The molecule has 0 bridgehead atoms. The molecule has 2 aliphatic heterocycles. The van der Waals surface area contributed by atoms with Gasteiger partial charge in [-0.15, -0.1) is 0 Å². The van der Waals surface area contributed by atoms with Gasteiger partial charge in [-0.2, -0.15) is 4.98 Å². The molecular formula is C20H25FN10O12P2. The predicted octanol–water partition coefficient (Wildman–Crippen LogP) is -2.34. The second kappa shape index (κ2) is 13.0. The maximum Gasteiger partial charge on any atom is 0.472 e. The normalized spacial score (nSPS) is 29.6. The first-order valence-electron chi connectivity index (χ1n) is 12.6. The van der Waals surface area contributed by atoms with Crippen LogP contribution in [0, 0.1) is 0 Å². The van der Waals surface area contributed by atoms with Crippen molar-refractivity contribution in [3.8, 4) is 0 Å². The van der Waals surface area contributed by atoms with E-state index in [1.54, 1.807) is 0 Å². The van der Waals surface area contributed by atoms with Crippen LogP contribution < -0.4 is 17.0 Å². The number of rotatable bonds is 8. The fourth-order valence-corrected chi connectivity index (χ4v) is 5.74. The van der Waals surface area contributed by atoms with Crippen molar-refractivity contribution in [2.24, 2.45) is 0 Å². The molecule has 9 atom stereocenters. The molecule has 244 valence electrons. The molecule has 10 N–H and O–H groups in total. The number of hydrogen-bond donors (Lipinski definition) is 8. The number of nitrogens with two attached hydrogens (primary N) is 2. The van der Waals surface area contributed by atoms with Gasteiger partial charge in [0, 0.05) is 0 Å². The van der Waals surface area contributed by atoms with E-state index in [0.29, 0.717) is 0 Å². The lowest BCUT2D eigenvalue weighted by Crippen LogP contribution is -2.35. The maximum absolute atomic E-state index is 15.1. The van der Waals surface area contributed by atoms with Crippen LogP contribution in [0.4, 0.5) is 16.2 Å². The van der Waals surface area contributed by atoms with E-state index in [0.717, 1.165) is 17.2 Å². The summed E-state index contributed by atoms with van der Waals surface area (Å²) in [5.74, 6) is -0.222. The summed E-state index contributed by atoms with van der Waals surface area (Å²) in [4.78, 5) is 51.6. The molecule has 0 spiro atoms. The van der Waals surface area contributed by atoms with Crippen LogP contribution in [0.15, 0.2) is 23.8 Å². The summed E-state index contributed by atoms with van der Waals surface area (Å²) in [6.07, 6.45) is -9.34. The van der Waals surface area contributed by atoms with Gasteiger partial charge in [0.15, 0.2) is 41.3 Å². The molecule has 4 aromatic heterocycles. The third-order valence-corrected chi connectivity index (χ3v) is 7.81. The van der Waals surface area contributed by atoms with E-state index >= 15 is 4.39 Å². The number of phosphoric acid groups is 1. The Hall–Kier alpha value is -3.60. The second-order valence-corrected chi connectivity index (χ2v) is 11.1. The van der Waals surface area contributed by atoms with Crippen LogP contribution in [0.25, 0.3) is 22.3 Å². The first kappa shape index (κ1) is 32.8. The number of aromatic nitrogens is 8. The molecule has 0 amide bonds. The van der Waals surface area contributed by atoms with Gasteiger partial charge in [0.1, 0.15) is 42.4 Å². The predicted molar refractivity (Wildman–Crippen MR) is 145 cm³/mol. The van der Waals surface area contributed by atoms with Crippen molar-refractivity contribution in [1.29, 1.82) is 0 Å². The van der Waals surface area contributed by atoms with Crippen molar-refractivity contribution < 1.29 is 57.1 Å². The number of ether oxygens (including phenoxy) is 2. The lowest BCUT2D eigenvalue weighted by Gasteiger charge is -2.24. The second-order valence-electron chi connectivity index (χ2n) is 9.51. The monoisotopic (exact) mass is 678 g/mol. The Balaban J connectivity index is 0.00000128. The number of aliphatic hydroxyl groups excluding tert-OH is 3. The van der Waals surface area contributed by atoms with Gasteiger partial charge >= 0.3 is 16.5 Å². The molecule has 0 radical (unpaired) electrons. The van der Waals surface area contributed by atoms with Gasteiger partial charge in [-0.1, -0.05) is 0 Å². The van der Waals surface area contributed by atoms with Gasteiger partial charge in [-0.25, -0.2) is 33.5 Å². The Morgan fingerprint density at radius 1 is 1.04 bits per heavy atom. The lowest BCUT2D eigenvalue weighted by atomic mass is 10.1. The number of imidazole rings is 2. The van der Waals surface area contributed by atoms with Gasteiger partial charge < -0.3 is 46.0 Å². The number of phosphoric ester groups is 1. The molecule has 3 unspecified atom stereocenters. The van der Waals surface area contributed by atoms with Gasteiger partial charge in [0.2, 0.25) is 5.95 Å². The highest BCUT2D eigenvalue weighted by Gasteiger charge is 2.51. The fraction of sp³-hybridized carbons (Fsp3) is 0.500. The van der Waals surface area contributed by atoms with Crippen LogP contribution in [-0.2, 0) is 27.7 Å². The summed E-state index contributed by atoms with van der Waals surface area (Å²) in [5, 5.41) is 30.7. The fourth-order valence-electron chi connectivity index (χ4n) is 4.81. The van der Waals surface area contributed by atoms with E-state index in [1.165, 1.54) is 10.9 Å². The molecule has 2 saturated heterocycles. The number of hydrogen-bond acceptors (Lipinski definition) is 17. The molecule has 0 aromatic carbocycles. The zero-order valence-electron chi connectivity index (χ0n) is 22.4. The summed E-state index contributed by atoms with van der Waals surface area (Å²) in [6, 6.07) is 0.